The van der Waals surface area contributed by atoms with Gasteiger partial charge in [0.1, 0.15) is 23.8 Å². The van der Waals surface area contributed by atoms with Gasteiger partial charge < -0.3 is 4.90 Å². The van der Waals surface area contributed by atoms with Gasteiger partial charge in [-0.15, -0.1) is 0 Å². The number of imidazole rings is 1. The highest BCUT2D eigenvalue weighted by Gasteiger charge is 2.26. The number of aromatic nitrogens is 4. The lowest BCUT2D eigenvalue weighted by Crippen LogP contribution is -2.48. The molecule has 1 aliphatic heterocycles. The Labute approximate surface area is 170 Å². The number of hydrogen-bond donors (Lipinski definition) is 0. The van der Waals surface area contributed by atoms with Crippen molar-refractivity contribution in [3.8, 4) is 5.82 Å². The van der Waals surface area contributed by atoms with Crippen LogP contribution in [0.2, 0.25) is 0 Å². The van der Waals surface area contributed by atoms with Gasteiger partial charge in [0.25, 0.3) is 0 Å². The molecule has 0 amide bonds. The van der Waals surface area contributed by atoms with Crippen molar-refractivity contribution in [2.45, 2.75) is 6.92 Å². The van der Waals surface area contributed by atoms with Crippen LogP contribution in [0.15, 0.2) is 60.5 Å². The quantitative estimate of drug-likeness (QED) is 0.640. The van der Waals surface area contributed by atoms with Crippen LogP contribution < -0.4 is 4.90 Å². The Morgan fingerprint density at radius 2 is 1.69 bits per heavy atom. The van der Waals surface area contributed by atoms with E-state index in [0.717, 1.165) is 23.0 Å². The maximum atomic E-state index is 12.6. The van der Waals surface area contributed by atoms with Crippen LogP contribution >= 0.6 is 0 Å². The highest BCUT2D eigenvalue weighted by molar-refractivity contribution is 7.92. The van der Waals surface area contributed by atoms with Gasteiger partial charge in [-0.1, -0.05) is 30.3 Å². The predicted molar refractivity (Wildman–Crippen MR) is 112 cm³/mol. The molecule has 0 atom stereocenters. The van der Waals surface area contributed by atoms with Gasteiger partial charge in [0.15, 0.2) is 0 Å². The smallest absolute Gasteiger partial charge is 0.236 e. The van der Waals surface area contributed by atoms with Crippen molar-refractivity contribution in [3.63, 3.8) is 0 Å². The summed E-state index contributed by atoms with van der Waals surface area (Å²) >= 11 is 0. The Hall–Kier alpha value is -3.04. The number of nitrogens with zero attached hydrogens (tertiary/aromatic N) is 6. The molecule has 3 heterocycles. The zero-order chi connectivity index (χ0) is 20.3. The van der Waals surface area contributed by atoms with Crippen molar-refractivity contribution in [2.75, 3.05) is 31.1 Å². The zero-order valence-corrected chi connectivity index (χ0v) is 16.9. The first-order valence-corrected chi connectivity index (χ1v) is 10.8. The van der Waals surface area contributed by atoms with E-state index in [1.807, 2.05) is 54.1 Å². The van der Waals surface area contributed by atoms with Gasteiger partial charge >= 0.3 is 0 Å². The molecule has 0 unspecified atom stereocenters. The molecule has 1 aromatic carbocycles. The number of aryl methyl sites for hydroxylation is 1. The first-order chi connectivity index (χ1) is 14.0. The Morgan fingerprint density at radius 1 is 0.966 bits per heavy atom. The van der Waals surface area contributed by atoms with E-state index in [4.69, 9.17) is 0 Å². The average molecular weight is 411 g/mol. The number of benzene rings is 1. The van der Waals surface area contributed by atoms with E-state index in [0.29, 0.717) is 26.2 Å². The van der Waals surface area contributed by atoms with Crippen LogP contribution in [-0.4, -0.2) is 58.4 Å². The number of piperazine rings is 1. The molecule has 4 rings (SSSR count). The molecule has 1 saturated heterocycles. The third-order valence-corrected chi connectivity index (χ3v) is 6.43. The van der Waals surface area contributed by atoms with E-state index in [-0.39, 0.29) is 0 Å². The van der Waals surface area contributed by atoms with Crippen molar-refractivity contribution in [3.05, 3.63) is 71.9 Å². The van der Waals surface area contributed by atoms with Crippen LogP contribution in [0.4, 0.5) is 5.82 Å². The van der Waals surface area contributed by atoms with Gasteiger partial charge in [-0.25, -0.2) is 23.4 Å². The summed E-state index contributed by atoms with van der Waals surface area (Å²) in [5.74, 6) is 2.36. The molecule has 0 spiro atoms. The fourth-order valence-corrected chi connectivity index (χ4v) is 4.42. The molecule has 8 nitrogen and oxygen atoms in total. The molecule has 9 heteroatoms. The van der Waals surface area contributed by atoms with Gasteiger partial charge in [0.2, 0.25) is 10.0 Å². The summed E-state index contributed by atoms with van der Waals surface area (Å²) < 4.78 is 28.7. The summed E-state index contributed by atoms with van der Waals surface area (Å²) in [7, 11) is -3.46. The summed E-state index contributed by atoms with van der Waals surface area (Å²) in [5, 5.41) is 1.28. The van der Waals surface area contributed by atoms with Crippen molar-refractivity contribution >= 4 is 21.9 Å². The molecular weight excluding hydrogens is 388 g/mol. The third-order valence-electron chi connectivity index (χ3n) is 4.87. The average Bonchev–Trinajstić information content (AvgIpc) is 3.19. The van der Waals surface area contributed by atoms with E-state index >= 15 is 0 Å². The Bertz CT molecular complexity index is 1100. The van der Waals surface area contributed by atoms with E-state index in [1.165, 1.54) is 16.0 Å². The summed E-state index contributed by atoms with van der Waals surface area (Å²) in [5.41, 5.74) is 0.859. The SMILES string of the molecule is Cc1nccn1-c1cc(N2CCN(S(=O)(=O)/C=C/c3ccccc3)CC2)ncn1. The monoisotopic (exact) mass is 410 g/mol. The van der Waals surface area contributed by atoms with E-state index in [1.54, 1.807) is 12.3 Å². The first kappa shape index (κ1) is 19.3. The van der Waals surface area contributed by atoms with E-state index < -0.39 is 10.0 Å². The second-order valence-corrected chi connectivity index (χ2v) is 8.54. The number of hydrogen-bond acceptors (Lipinski definition) is 6. The zero-order valence-electron chi connectivity index (χ0n) is 16.1. The number of rotatable bonds is 5. The van der Waals surface area contributed by atoms with Gasteiger partial charge in [-0.3, -0.25) is 4.57 Å². The number of sulfonamides is 1. The molecular formula is C20H22N6O2S. The second kappa shape index (κ2) is 8.14. The van der Waals surface area contributed by atoms with Crippen molar-refractivity contribution in [1.82, 2.24) is 23.8 Å². The van der Waals surface area contributed by atoms with Crippen LogP contribution in [-0.2, 0) is 10.0 Å². The van der Waals surface area contributed by atoms with Gasteiger partial charge in [0.05, 0.1) is 0 Å². The lowest BCUT2D eigenvalue weighted by atomic mass is 10.2. The standard InChI is InChI=1S/C20H22N6O2S/c1-17-21-8-9-26(17)20-15-19(22-16-23-20)24-10-12-25(13-11-24)29(27,28)14-7-18-5-3-2-4-6-18/h2-9,14-16H,10-13H2,1H3/b14-7+. The minimum Gasteiger partial charge on any atom is -0.354 e. The fraction of sp³-hybridized carbons (Fsp3) is 0.250. The van der Waals surface area contributed by atoms with Crippen molar-refractivity contribution < 1.29 is 8.42 Å². The molecule has 0 saturated carbocycles. The van der Waals surface area contributed by atoms with E-state index in [2.05, 4.69) is 19.9 Å². The number of anilines is 1. The molecule has 0 bridgehead atoms. The molecule has 0 aliphatic carbocycles. The van der Waals surface area contributed by atoms with Crippen LogP contribution in [0.3, 0.4) is 0 Å². The lowest BCUT2D eigenvalue weighted by molar-refractivity contribution is 0.389. The normalized spacial score (nSPS) is 15.8. The Kier molecular flexibility index (Phi) is 5.41. The first-order valence-electron chi connectivity index (χ1n) is 9.33. The van der Waals surface area contributed by atoms with Gasteiger partial charge in [0, 0.05) is 50.0 Å². The summed E-state index contributed by atoms with van der Waals surface area (Å²) in [6, 6.07) is 11.3. The van der Waals surface area contributed by atoms with Crippen LogP contribution in [0.1, 0.15) is 11.4 Å². The molecule has 150 valence electrons. The largest absolute Gasteiger partial charge is 0.354 e. The van der Waals surface area contributed by atoms with Gasteiger partial charge in [-0.05, 0) is 18.6 Å². The maximum absolute atomic E-state index is 12.6. The van der Waals surface area contributed by atoms with Crippen LogP contribution in [0.25, 0.3) is 11.9 Å². The van der Waals surface area contributed by atoms with Crippen molar-refractivity contribution in [2.24, 2.45) is 0 Å². The van der Waals surface area contributed by atoms with E-state index in [9.17, 15) is 8.42 Å². The van der Waals surface area contributed by atoms with Crippen LogP contribution in [0.5, 0.6) is 0 Å². The highest BCUT2D eigenvalue weighted by atomic mass is 32.2. The molecule has 3 aromatic rings. The predicted octanol–water partition coefficient (Wildman–Crippen LogP) is 2.09. The lowest BCUT2D eigenvalue weighted by Gasteiger charge is -2.34. The molecule has 1 aliphatic rings. The topological polar surface area (TPSA) is 84.2 Å². The fourth-order valence-electron chi connectivity index (χ4n) is 3.25. The molecule has 0 radical (unpaired) electrons. The third kappa shape index (κ3) is 4.36. The van der Waals surface area contributed by atoms with Crippen molar-refractivity contribution in [1.29, 1.82) is 0 Å². The summed E-state index contributed by atoms with van der Waals surface area (Å²) in [6.07, 6.45) is 6.73. The molecule has 0 N–H and O–H groups in total. The van der Waals surface area contributed by atoms with Crippen LogP contribution in [0, 0.1) is 6.92 Å². The summed E-state index contributed by atoms with van der Waals surface area (Å²) in [6.45, 7) is 3.86. The highest BCUT2D eigenvalue weighted by Crippen LogP contribution is 2.18. The Morgan fingerprint density at radius 3 is 2.38 bits per heavy atom. The minimum atomic E-state index is -3.46. The molecule has 29 heavy (non-hydrogen) atoms. The molecule has 1 fully saturated rings. The second-order valence-electron chi connectivity index (χ2n) is 6.72. The summed E-state index contributed by atoms with van der Waals surface area (Å²) in [4.78, 5) is 15.0. The minimum absolute atomic E-state index is 0.408. The molecule has 2 aromatic heterocycles. The van der Waals surface area contributed by atoms with Gasteiger partial charge in [-0.2, -0.15) is 4.31 Å². The Balaban J connectivity index is 1.43. The maximum Gasteiger partial charge on any atom is 0.236 e.